The number of sulfonamides is 1. The molecule has 0 spiro atoms. The van der Waals surface area contributed by atoms with Crippen LogP contribution in [0.1, 0.15) is 5.56 Å². The third kappa shape index (κ3) is 4.67. The molecule has 0 atom stereocenters. The maximum Gasteiger partial charge on any atom is 0.270 e. The van der Waals surface area contributed by atoms with E-state index in [0.29, 0.717) is 32.8 Å². The van der Waals surface area contributed by atoms with Crippen molar-refractivity contribution in [3.63, 3.8) is 0 Å². The number of nitro groups is 1. The van der Waals surface area contributed by atoms with Crippen molar-refractivity contribution in [3.05, 3.63) is 64.2 Å². The zero-order valence-electron chi connectivity index (χ0n) is 15.7. The molecule has 1 fully saturated rings. The number of aryl methyl sites for hydroxylation is 1. The summed E-state index contributed by atoms with van der Waals surface area (Å²) in [6.07, 6.45) is 0. The van der Waals surface area contributed by atoms with E-state index in [0.717, 1.165) is 23.9 Å². The first-order chi connectivity index (χ1) is 13.4. The maximum absolute atomic E-state index is 12.8. The molecule has 1 N–H and O–H groups in total. The van der Waals surface area contributed by atoms with Crippen LogP contribution in [0.3, 0.4) is 0 Å². The molecule has 1 aliphatic heterocycles. The number of nitrogens with one attached hydrogen (secondary N) is 1. The van der Waals surface area contributed by atoms with Crippen molar-refractivity contribution < 1.29 is 23.0 Å². The largest absolute Gasteiger partial charge is 0.487 e. The quantitative estimate of drug-likeness (QED) is 0.544. The predicted molar refractivity (Wildman–Crippen MR) is 104 cm³/mol. The Morgan fingerprint density at radius 3 is 2.54 bits per heavy atom. The standard InChI is InChI=1S/C19H23N3O5S/c1-16-5-2-3-8-19(16)27-14-13-20-9-11-21(12-10-20)28(25,26)18-7-4-6-17(15-18)22(23)24/h2-8,15H,9-14H2,1H3/p+1. The van der Waals surface area contributed by atoms with Crippen molar-refractivity contribution in [1.29, 1.82) is 0 Å². The highest BCUT2D eigenvalue weighted by atomic mass is 32.2. The summed E-state index contributed by atoms with van der Waals surface area (Å²) < 4.78 is 32.8. The third-order valence-electron chi connectivity index (χ3n) is 4.90. The number of quaternary nitrogens is 1. The van der Waals surface area contributed by atoms with Crippen molar-refractivity contribution in [2.24, 2.45) is 0 Å². The number of nitro benzene ring substituents is 1. The number of piperazine rings is 1. The minimum Gasteiger partial charge on any atom is -0.487 e. The van der Waals surface area contributed by atoms with E-state index in [1.54, 1.807) is 0 Å². The molecule has 9 heteroatoms. The van der Waals surface area contributed by atoms with E-state index < -0.39 is 14.9 Å². The number of benzene rings is 2. The number of hydrogen-bond donors (Lipinski definition) is 1. The molecule has 0 radical (unpaired) electrons. The number of rotatable bonds is 7. The molecule has 8 nitrogen and oxygen atoms in total. The van der Waals surface area contributed by atoms with E-state index >= 15 is 0 Å². The Kier molecular flexibility index (Phi) is 6.28. The molecule has 2 aromatic rings. The van der Waals surface area contributed by atoms with Gasteiger partial charge in [-0.1, -0.05) is 24.3 Å². The van der Waals surface area contributed by atoms with Gasteiger partial charge in [-0.25, -0.2) is 8.42 Å². The number of hydrogen-bond acceptors (Lipinski definition) is 5. The maximum atomic E-state index is 12.8. The van der Waals surface area contributed by atoms with Crippen LogP contribution in [0.2, 0.25) is 0 Å². The van der Waals surface area contributed by atoms with Gasteiger partial charge in [-0.3, -0.25) is 10.1 Å². The molecule has 2 aromatic carbocycles. The molecule has 0 bridgehead atoms. The van der Waals surface area contributed by atoms with Gasteiger partial charge in [0.25, 0.3) is 5.69 Å². The van der Waals surface area contributed by atoms with Crippen LogP contribution in [0.25, 0.3) is 0 Å². The lowest BCUT2D eigenvalue weighted by Crippen LogP contribution is -3.15. The van der Waals surface area contributed by atoms with Crippen LogP contribution in [0, 0.1) is 17.0 Å². The van der Waals surface area contributed by atoms with Gasteiger partial charge in [0.1, 0.15) is 18.9 Å². The summed E-state index contributed by atoms with van der Waals surface area (Å²) in [7, 11) is -3.73. The normalized spacial score (nSPS) is 16.0. The summed E-state index contributed by atoms with van der Waals surface area (Å²) in [5.41, 5.74) is 0.865. The lowest BCUT2D eigenvalue weighted by molar-refractivity contribution is -0.903. The van der Waals surface area contributed by atoms with Crippen LogP contribution in [-0.2, 0) is 10.0 Å². The van der Waals surface area contributed by atoms with E-state index in [4.69, 9.17) is 4.74 Å². The second-order valence-electron chi connectivity index (χ2n) is 6.77. The van der Waals surface area contributed by atoms with Crippen LogP contribution in [0.4, 0.5) is 5.69 Å². The Hall–Kier alpha value is -2.49. The zero-order chi connectivity index (χ0) is 20.1. The molecule has 1 heterocycles. The summed E-state index contributed by atoms with van der Waals surface area (Å²) in [6, 6.07) is 13.0. The number of non-ortho nitro benzene ring substituents is 1. The molecular weight excluding hydrogens is 382 g/mol. The highest BCUT2D eigenvalue weighted by molar-refractivity contribution is 7.89. The fourth-order valence-electron chi connectivity index (χ4n) is 3.22. The van der Waals surface area contributed by atoms with Crippen LogP contribution in [0.5, 0.6) is 5.75 Å². The number of ether oxygens (including phenoxy) is 1. The Balaban J connectivity index is 1.54. The molecule has 0 amide bonds. The number of para-hydroxylation sites is 1. The summed E-state index contributed by atoms with van der Waals surface area (Å²) in [6.45, 7) is 5.46. The van der Waals surface area contributed by atoms with Crippen molar-refractivity contribution in [1.82, 2.24) is 4.31 Å². The average Bonchev–Trinajstić information content (AvgIpc) is 2.70. The molecule has 1 aliphatic rings. The number of nitrogens with zero attached hydrogens (tertiary/aromatic N) is 2. The van der Waals surface area contributed by atoms with Gasteiger partial charge < -0.3 is 9.64 Å². The first-order valence-corrected chi connectivity index (χ1v) is 10.6. The molecule has 0 unspecified atom stereocenters. The van der Waals surface area contributed by atoms with Gasteiger partial charge in [-0.05, 0) is 24.6 Å². The molecule has 0 aromatic heterocycles. The van der Waals surface area contributed by atoms with E-state index in [9.17, 15) is 18.5 Å². The van der Waals surface area contributed by atoms with Crippen molar-refractivity contribution in [3.8, 4) is 5.75 Å². The first-order valence-electron chi connectivity index (χ1n) is 9.14. The van der Waals surface area contributed by atoms with Crippen molar-refractivity contribution in [2.45, 2.75) is 11.8 Å². The smallest absolute Gasteiger partial charge is 0.270 e. The van der Waals surface area contributed by atoms with Gasteiger partial charge in [0.05, 0.1) is 36.0 Å². The van der Waals surface area contributed by atoms with Gasteiger partial charge in [0, 0.05) is 12.1 Å². The highest BCUT2D eigenvalue weighted by Crippen LogP contribution is 2.21. The van der Waals surface area contributed by atoms with Crippen molar-refractivity contribution in [2.75, 3.05) is 39.3 Å². The molecule has 0 aliphatic carbocycles. The minimum absolute atomic E-state index is 0.0342. The van der Waals surface area contributed by atoms with Gasteiger partial charge in [-0.15, -0.1) is 0 Å². The fourth-order valence-corrected chi connectivity index (χ4v) is 4.70. The van der Waals surface area contributed by atoms with Gasteiger partial charge in [0.15, 0.2) is 0 Å². The summed E-state index contributed by atoms with van der Waals surface area (Å²) in [5, 5.41) is 10.9. The zero-order valence-corrected chi connectivity index (χ0v) is 16.5. The van der Waals surface area contributed by atoms with Gasteiger partial charge in [0.2, 0.25) is 10.0 Å². The van der Waals surface area contributed by atoms with Gasteiger partial charge >= 0.3 is 0 Å². The molecular formula is C19H24N3O5S+. The van der Waals surface area contributed by atoms with Crippen LogP contribution in [-0.4, -0.2) is 57.0 Å². The topological polar surface area (TPSA) is 94.2 Å². The lowest BCUT2D eigenvalue weighted by Gasteiger charge is -2.31. The predicted octanol–water partition coefficient (Wildman–Crippen LogP) is 0.871. The second-order valence-corrected chi connectivity index (χ2v) is 8.71. The second kappa shape index (κ2) is 8.68. The summed E-state index contributed by atoms with van der Waals surface area (Å²) in [4.78, 5) is 11.6. The molecule has 0 saturated carbocycles. The van der Waals surface area contributed by atoms with E-state index in [-0.39, 0.29) is 10.6 Å². The Labute approximate surface area is 164 Å². The lowest BCUT2D eigenvalue weighted by atomic mass is 10.2. The van der Waals surface area contributed by atoms with E-state index in [2.05, 4.69) is 0 Å². The van der Waals surface area contributed by atoms with Crippen LogP contribution >= 0.6 is 0 Å². The monoisotopic (exact) mass is 406 g/mol. The fraction of sp³-hybridized carbons (Fsp3) is 0.368. The van der Waals surface area contributed by atoms with E-state index in [1.807, 2.05) is 31.2 Å². The first kappa shape index (κ1) is 20.2. The average molecular weight is 406 g/mol. The van der Waals surface area contributed by atoms with Crippen molar-refractivity contribution >= 4 is 15.7 Å². The summed E-state index contributed by atoms with van der Waals surface area (Å²) >= 11 is 0. The molecule has 28 heavy (non-hydrogen) atoms. The van der Waals surface area contributed by atoms with Crippen LogP contribution < -0.4 is 9.64 Å². The minimum atomic E-state index is -3.73. The van der Waals surface area contributed by atoms with E-state index in [1.165, 1.54) is 27.4 Å². The summed E-state index contributed by atoms with van der Waals surface area (Å²) in [5.74, 6) is 0.869. The Bertz CT molecular complexity index is 940. The SMILES string of the molecule is Cc1ccccc1OCC[NH+]1CCN(S(=O)(=O)c2cccc([N+](=O)[O-])c2)CC1. The molecule has 1 saturated heterocycles. The highest BCUT2D eigenvalue weighted by Gasteiger charge is 2.31. The Morgan fingerprint density at radius 2 is 1.86 bits per heavy atom. The molecule has 150 valence electrons. The van der Waals surface area contributed by atoms with Crippen LogP contribution in [0.15, 0.2) is 53.4 Å². The Morgan fingerprint density at radius 1 is 1.14 bits per heavy atom. The molecule has 3 rings (SSSR count). The van der Waals surface area contributed by atoms with Gasteiger partial charge in [-0.2, -0.15) is 4.31 Å². The third-order valence-corrected chi connectivity index (χ3v) is 6.80.